The topological polar surface area (TPSA) is 91.8 Å². The number of likely N-dealkylation sites (tertiary alicyclic amines) is 1. The predicted octanol–water partition coefficient (Wildman–Crippen LogP) is 2.81. The third kappa shape index (κ3) is 4.37. The minimum absolute atomic E-state index is 0.0949. The van der Waals surface area contributed by atoms with Crippen LogP contribution in [0, 0.1) is 0 Å². The highest BCUT2D eigenvalue weighted by Crippen LogP contribution is 2.27. The lowest BCUT2D eigenvalue weighted by atomic mass is 10.2. The summed E-state index contributed by atoms with van der Waals surface area (Å²) in [5.74, 6) is -0.307. The molecule has 2 fully saturated rings. The maximum absolute atomic E-state index is 12.9. The Kier molecular flexibility index (Phi) is 6.13. The smallest absolute Gasteiger partial charge is 0.253 e. The molecule has 0 N–H and O–H groups in total. The molecule has 2 heterocycles. The lowest BCUT2D eigenvalue weighted by Gasteiger charge is -2.18. The molecular formula is C21H23ClN2O5S2. The summed E-state index contributed by atoms with van der Waals surface area (Å²) in [6, 6.07) is 11.9. The van der Waals surface area contributed by atoms with Crippen LogP contribution < -0.4 is 0 Å². The van der Waals surface area contributed by atoms with Gasteiger partial charge in [-0.3, -0.25) is 4.79 Å². The average molecular weight is 483 g/mol. The average Bonchev–Trinajstić information content (AvgIpc) is 3.46. The van der Waals surface area contributed by atoms with Crippen molar-refractivity contribution in [3.63, 3.8) is 0 Å². The number of sulfonamides is 1. The number of rotatable bonds is 5. The Morgan fingerprint density at radius 1 is 0.839 bits per heavy atom. The van der Waals surface area contributed by atoms with Crippen molar-refractivity contribution in [3.05, 3.63) is 59.1 Å². The summed E-state index contributed by atoms with van der Waals surface area (Å²) in [5, 5.41) is -0.232. The summed E-state index contributed by atoms with van der Waals surface area (Å²) >= 11 is 5.84. The molecule has 0 bridgehead atoms. The van der Waals surface area contributed by atoms with Crippen molar-refractivity contribution in [2.45, 2.75) is 34.3 Å². The van der Waals surface area contributed by atoms with E-state index in [9.17, 15) is 21.6 Å². The number of amides is 1. The Bertz CT molecular complexity index is 1170. The number of hydrogen-bond donors (Lipinski definition) is 0. The van der Waals surface area contributed by atoms with E-state index in [0.717, 1.165) is 12.8 Å². The van der Waals surface area contributed by atoms with Gasteiger partial charge in [-0.1, -0.05) is 11.6 Å². The molecule has 1 amide bonds. The van der Waals surface area contributed by atoms with E-state index in [1.54, 1.807) is 0 Å². The van der Waals surface area contributed by atoms with Gasteiger partial charge in [0.2, 0.25) is 10.0 Å². The van der Waals surface area contributed by atoms with Crippen molar-refractivity contribution in [3.8, 4) is 0 Å². The predicted molar refractivity (Wildman–Crippen MR) is 117 cm³/mol. The second-order valence-electron chi connectivity index (χ2n) is 7.80. The molecule has 2 saturated heterocycles. The van der Waals surface area contributed by atoms with Gasteiger partial charge in [0.1, 0.15) is 0 Å². The van der Waals surface area contributed by atoms with Crippen LogP contribution in [0.2, 0.25) is 5.02 Å². The van der Waals surface area contributed by atoms with Crippen molar-refractivity contribution in [2.24, 2.45) is 0 Å². The number of nitrogens with zero attached hydrogens (tertiary/aromatic N) is 2. The van der Waals surface area contributed by atoms with Crippen LogP contribution in [-0.2, 0) is 19.9 Å². The zero-order valence-corrected chi connectivity index (χ0v) is 19.2. The van der Waals surface area contributed by atoms with E-state index in [1.807, 2.05) is 0 Å². The van der Waals surface area contributed by atoms with Gasteiger partial charge in [0.25, 0.3) is 5.91 Å². The first-order chi connectivity index (χ1) is 14.7. The molecule has 0 radical (unpaired) electrons. The highest BCUT2D eigenvalue weighted by Gasteiger charge is 2.36. The quantitative estimate of drug-likeness (QED) is 0.653. The van der Waals surface area contributed by atoms with Gasteiger partial charge in [-0.15, -0.1) is 0 Å². The number of hydrogen-bond acceptors (Lipinski definition) is 5. The van der Waals surface area contributed by atoms with Crippen LogP contribution in [0.3, 0.4) is 0 Å². The van der Waals surface area contributed by atoms with Crippen molar-refractivity contribution in [1.82, 2.24) is 9.21 Å². The summed E-state index contributed by atoms with van der Waals surface area (Å²) in [6.07, 6.45) is 2.05. The summed E-state index contributed by atoms with van der Waals surface area (Å²) in [6.45, 7) is 1.45. The Balaban J connectivity index is 1.46. The molecular weight excluding hydrogens is 460 g/mol. The van der Waals surface area contributed by atoms with Crippen LogP contribution in [0.1, 0.15) is 29.6 Å². The van der Waals surface area contributed by atoms with Crippen LogP contribution >= 0.6 is 11.6 Å². The van der Waals surface area contributed by atoms with E-state index in [0.29, 0.717) is 36.6 Å². The fourth-order valence-electron chi connectivity index (χ4n) is 4.01. The minimum atomic E-state index is -3.58. The van der Waals surface area contributed by atoms with Crippen molar-refractivity contribution in [2.75, 3.05) is 26.2 Å². The van der Waals surface area contributed by atoms with Crippen LogP contribution in [0.15, 0.2) is 58.3 Å². The van der Waals surface area contributed by atoms with Gasteiger partial charge in [0.15, 0.2) is 9.84 Å². The summed E-state index contributed by atoms with van der Waals surface area (Å²) in [5.41, 5.74) is 0.338. The normalized spacial score (nSPS) is 20.3. The Morgan fingerprint density at radius 3 is 2.03 bits per heavy atom. The third-order valence-electron chi connectivity index (χ3n) is 5.82. The van der Waals surface area contributed by atoms with Crippen molar-refractivity contribution >= 4 is 37.4 Å². The number of halogens is 1. The third-order valence-corrected chi connectivity index (χ3v) is 10.2. The van der Waals surface area contributed by atoms with Crippen molar-refractivity contribution in [1.29, 1.82) is 0 Å². The van der Waals surface area contributed by atoms with Crippen LogP contribution in [0.25, 0.3) is 0 Å². The monoisotopic (exact) mass is 482 g/mol. The van der Waals surface area contributed by atoms with Crippen LogP contribution in [-0.4, -0.2) is 63.4 Å². The maximum Gasteiger partial charge on any atom is 0.253 e. The SMILES string of the molecule is O=C(c1ccc(S(=O)(=O)N2CCCC2)cc1)N1CCC(S(=O)(=O)c2ccc(Cl)cc2)C1. The zero-order valence-electron chi connectivity index (χ0n) is 16.8. The fourth-order valence-corrected chi connectivity index (χ4v) is 7.35. The standard InChI is InChI=1S/C21H23ClN2O5S2/c22-17-5-9-18(10-6-17)30(26,27)20-11-14-23(15-20)21(25)16-3-7-19(8-4-16)31(28,29)24-12-1-2-13-24/h3-10,20H,1-2,11-15H2. The molecule has 10 heteroatoms. The van der Waals surface area contributed by atoms with Gasteiger partial charge in [0.05, 0.1) is 15.0 Å². The molecule has 2 aliphatic rings. The molecule has 2 aromatic rings. The molecule has 1 unspecified atom stereocenters. The summed E-state index contributed by atoms with van der Waals surface area (Å²) in [7, 11) is -7.12. The molecule has 0 spiro atoms. The lowest BCUT2D eigenvalue weighted by molar-refractivity contribution is 0.0793. The molecule has 4 rings (SSSR count). The summed E-state index contributed by atoms with van der Waals surface area (Å²) < 4.78 is 52.5. The number of benzene rings is 2. The number of carbonyl (C=O) groups excluding carboxylic acids is 1. The van der Waals surface area contributed by atoms with Crippen LogP contribution in [0.4, 0.5) is 0 Å². The first-order valence-corrected chi connectivity index (χ1v) is 13.4. The minimum Gasteiger partial charge on any atom is -0.337 e. The van der Waals surface area contributed by atoms with E-state index in [4.69, 9.17) is 11.6 Å². The molecule has 2 aliphatic heterocycles. The van der Waals surface area contributed by atoms with Gasteiger partial charge in [-0.2, -0.15) is 4.31 Å². The summed E-state index contributed by atoms with van der Waals surface area (Å²) in [4.78, 5) is 14.7. The largest absolute Gasteiger partial charge is 0.337 e. The Labute approximate surface area is 187 Å². The Hall–Kier alpha value is -1.94. The first kappa shape index (κ1) is 22.3. The molecule has 31 heavy (non-hydrogen) atoms. The van der Waals surface area contributed by atoms with E-state index in [2.05, 4.69) is 0 Å². The first-order valence-electron chi connectivity index (χ1n) is 10.1. The van der Waals surface area contributed by atoms with E-state index >= 15 is 0 Å². The van der Waals surface area contributed by atoms with Gasteiger partial charge >= 0.3 is 0 Å². The zero-order chi connectivity index (χ0) is 22.2. The molecule has 166 valence electrons. The van der Waals surface area contributed by atoms with Gasteiger partial charge in [-0.25, -0.2) is 16.8 Å². The highest BCUT2D eigenvalue weighted by molar-refractivity contribution is 7.92. The molecule has 1 atom stereocenters. The van der Waals surface area contributed by atoms with E-state index in [-0.39, 0.29) is 22.2 Å². The van der Waals surface area contributed by atoms with Gasteiger partial charge < -0.3 is 4.90 Å². The second-order valence-corrected chi connectivity index (χ2v) is 12.4. The maximum atomic E-state index is 12.9. The molecule has 0 aliphatic carbocycles. The van der Waals surface area contributed by atoms with Crippen molar-refractivity contribution < 1.29 is 21.6 Å². The number of sulfone groups is 1. The highest BCUT2D eigenvalue weighted by atomic mass is 35.5. The molecule has 7 nitrogen and oxygen atoms in total. The number of carbonyl (C=O) groups is 1. The Morgan fingerprint density at radius 2 is 1.42 bits per heavy atom. The molecule has 2 aromatic carbocycles. The van der Waals surface area contributed by atoms with Gasteiger partial charge in [-0.05, 0) is 67.8 Å². The van der Waals surface area contributed by atoms with E-state index < -0.39 is 25.1 Å². The lowest BCUT2D eigenvalue weighted by Crippen LogP contribution is -2.32. The molecule has 0 saturated carbocycles. The van der Waals surface area contributed by atoms with Gasteiger partial charge in [0, 0.05) is 36.8 Å². The fraction of sp³-hybridized carbons (Fsp3) is 0.381. The second kappa shape index (κ2) is 8.54. The van der Waals surface area contributed by atoms with E-state index in [1.165, 1.54) is 57.7 Å². The molecule has 0 aromatic heterocycles. The van der Waals surface area contributed by atoms with Crippen LogP contribution in [0.5, 0.6) is 0 Å².